The lowest BCUT2D eigenvalue weighted by Crippen LogP contribution is -2.60. The number of nitrogens with one attached hydrogen (secondary N) is 1. The molecule has 1 N–H and O–H groups in total. The zero-order chi connectivity index (χ0) is 17.5. The van der Waals surface area contributed by atoms with Crippen LogP contribution in [0.5, 0.6) is 5.75 Å². The maximum absolute atomic E-state index is 12.8. The molecule has 2 heterocycles. The predicted molar refractivity (Wildman–Crippen MR) is 91.2 cm³/mol. The number of pyridine rings is 1. The summed E-state index contributed by atoms with van der Waals surface area (Å²) in [5.74, 6) is -0.172. The normalized spacial score (nSPS) is 19.5. The number of anilines is 2. The number of hydrogen-bond acceptors (Lipinski definition) is 4. The van der Waals surface area contributed by atoms with Gasteiger partial charge in [-0.1, -0.05) is 17.7 Å². The van der Waals surface area contributed by atoms with Crippen molar-refractivity contribution in [2.75, 3.05) is 17.3 Å². The van der Waals surface area contributed by atoms with Crippen LogP contribution in [0.25, 0.3) is 0 Å². The van der Waals surface area contributed by atoms with Gasteiger partial charge in [-0.05, 0) is 44.5 Å². The maximum Gasteiger partial charge on any atom is 0.281 e. The SMILES string of the molecule is Cc1ccc(NC(=O)C2(C)Oc3cccnc3N(C)C2=O)c(C)c1. The first kappa shape index (κ1) is 16.0. The molecule has 124 valence electrons. The largest absolute Gasteiger partial charge is 0.464 e. The summed E-state index contributed by atoms with van der Waals surface area (Å²) in [6.07, 6.45) is 1.57. The van der Waals surface area contributed by atoms with E-state index in [1.165, 1.54) is 11.8 Å². The summed E-state index contributed by atoms with van der Waals surface area (Å²) in [5, 5.41) is 2.80. The second-order valence-corrected chi connectivity index (χ2v) is 6.10. The Morgan fingerprint density at radius 2 is 2.04 bits per heavy atom. The molecule has 2 amide bonds. The molecule has 0 fully saturated rings. The fourth-order valence-electron chi connectivity index (χ4n) is 2.73. The molecule has 6 nitrogen and oxygen atoms in total. The van der Waals surface area contributed by atoms with Crippen LogP contribution in [0.2, 0.25) is 0 Å². The molecule has 1 unspecified atom stereocenters. The number of carbonyl (C=O) groups is 2. The number of nitrogens with zero attached hydrogens (tertiary/aromatic N) is 2. The van der Waals surface area contributed by atoms with Crippen molar-refractivity contribution in [3.63, 3.8) is 0 Å². The molecule has 0 bridgehead atoms. The van der Waals surface area contributed by atoms with Crippen molar-refractivity contribution in [3.8, 4) is 5.75 Å². The second-order valence-electron chi connectivity index (χ2n) is 6.10. The minimum Gasteiger partial charge on any atom is -0.464 e. The van der Waals surface area contributed by atoms with E-state index in [0.717, 1.165) is 11.1 Å². The quantitative estimate of drug-likeness (QED) is 0.861. The molecule has 3 rings (SSSR count). The number of aryl methyl sites for hydroxylation is 2. The Morgan fingerprint density at radius 3 is 2.75 bits per heavy atom. The molecule has 1 aliphatic rings. The minimum atomic E-state index is -1.65. The summed E-state index contributed by atoms with van der Waals surface area (Å²) < 4.78 is 5.73. The Kier molecular flexibility index (Phi) is 3.75. The van der Waals surface area contributed by atoms with Crippen LogP contribution in [0.4, 0.5) is 11.5 Å². The highest BCUT2D eigenvalue weighted by Gasteiger charge is 2.50. The van der Waals surface area contributed by atoms with Crippen LogP contribution < -0.4 is 15.0 Å². The Labute approximate surface area is 140 Å². The van der Waals surface area contributed by atoms with E-state index in [1.807, 2.05) is 32.0 Å². The van der Waals surface area contributed by atoms with E-state index in [0.29, 0.717) is 17.3 Å². The first-order chi connectivity index (χ1) is 11.3. The van der Waals surface area contributed by atoms with Gasteiger partial charge in [-0.3, -0.25) is 14.5 Å². The fourth-order valence-corrected chi connectivity index (χ4v) is 2.73. The third-order valence-corrected chi connectivity index (χ3v) is 4.16. The van der Waals surface area contributed by atoms with Crippen LogP contribution in [0.15, 0.2) is 36.5 Å². The Morgan fingerprint density at radius 1 is 1.29 bits per heavy atom. The summed E-state index contributed by atoms with van der Waals surface area (Å²) in [6.45, 7) is 5.35. The van der Waals surface area contributed by atoms with E-state index < -0.39 is 17.4 Å². The van der Waals surface area contributed by atoms with Gasteiger partial charge < -0.3 is 10.1 Å². The van der Waals surface area contributed by atoms with Crippen molar-refractivity contribution in [3.05, 3.63) is 47.7 Å². The number of ether oxygens (including phenoxy) is 1. The highest BCUT2D eigenvalue weighted by molar-refractivity contribution is 6.19. The third kappa shape index (κ3) is 2.50. The van der Waals surface area contributed by atoms with E-state index in [1.54, 1.807) is 25.4 Å². The van der Waals surface area contributed by atoms with Gasteiger partial charge in [0.1, 0.15) is 0 Å². The molecule has 0 radical (unpaired) electrons. The smallest absolute Gasteiger partial charge is 0.281 e. The lowest BCUT2D eigenvalue weighted by molar-refractivity contribution is -0.145. The van der Waals surface area contributed by atoms with Gasteiger partial charge >= 0.3 is 0 Å². The zero-order valence-corrected chi connectivity index (χ0v) is 14.1. The summed E-state index contributed by atoms with van der Waals surface area (Å²) >= 11 is 0. The van der Waals surface area contributed by atoms with Crippen LogP contribution in [0.3, 0.4) is 0 Å². The zero-order valence-electron chi connectivity index (χ0n) is 14.1. The number of rotatable bonds is 2. The van der Waals surface area contributed by atoms with E-state index in [9.17, 15) is 9.59 Å². The maximum atomic E-state index is 12.8. The van der Waals surface area contributed by atoms with Crippen molar-refractivity contribution in [2.45, 2.75) is 26.4 Å². The van der Waals surface area contributed by atoms with Crippen molar-refractivity contribution >= 4 is 23.3 Å². The molecule has 6 heteroatoms. The highest BCUT2D eigenvalue weighted by Crippen LogP contribution is 2.35. The summed E-state index contributed by atoms with van der Waals surface area (Å²) in [7, 11) is 1.58. The Hall–Kier alpha value is -2.89. The van der Waals surface area contributed by atoms with Gasteiger partial charge in [0.25, 0.3) is 17.4 Å². The first-order valence-electron chi connectivity index (χ1n) is 7.64. The van der Waals surface area contributed by atoms with Gasteiger partial charge in [0.15, 0.2) is 11.6 Å². The molecular weight excluding hydrogens is 306 g/mol. The monoisotopic (exact) mass is 325 g/mol. The minimum absolute atomic E-state index is 0.401. The van der Waals surface area contributed by atoms with E-state index in [4.69, 9.17) is 4.74 Å². The van der Waals surface area contributed by atoms with E-state index >= 15 is 0 Å². The number of hydrogen-bond donors (Lipinski definition) is 1. The van der Waals surface area contributed by atoms with Crippen molar-refractivity contribution in [1.29, 1.82) is 0 Å². The van der Waals surface area contributed by atoms with Gasteiger partial charge in [0.05, 0.1) is 0 Å². The summed E-state index contributed by atoms with van der Waals surface area (Å²) in [5.41, 5.74) is 1.03. The molecule has 0 saturated heterocycles. The number of fused-ring (bicyclic) bond motifs is 1. The number of aromatic nitrogens is 1. The molecule has 24 heavy (non-hydrogen) atoms. The molecule has 0 spiro atoms. The number of carbonyl (C=O) groups excluding carboxylic acids is 2. The fraction of sp³-hybridized carbons (Fsp3) is 0.278. The van der Waals surface area contributed by atoms with Gasteiger partial charge in [0.2, 0.25) is 0 Å². The van der Waals surface area contributed by atoms with Gasteiger partial charge in [-0.15, -0.1) is 0 Å². The van der Waals surface area contributed by atoms with Gasteiger partial charge in [0, 0.05) is 18.9 Å². The summed E-state index contributed by atoms with van der Waals surface area (Å²) in [6, 6.07) is 9.07. The topological polar surface area (TPSA) is 71.5 Å². The molecule has 2 aromatic rings. The van der Waals surface area contributed by atoms with E-state index in [2.05, 4.69) is 10.3 Å². The molecule has 0 saturated carbocycles. The molecule has 1 aromatic heterocycles. The average molecular weight is 325 g/mol. The molecule has 1 atom stereocenters. The third-order valence-electron chi connectivity index (χ3n) is 4.16. The lowest BCUT2D eigenvalue weighted by Gasteiger charge is -2.37. The number of benzene rings is 1. The average Bonchev–Trinajstić information content (AvgIpc) is 2.55. The van der Waals surface area contributed by atoms with Crippen LogP contribution in [0.1, 0.15) is 18.1 Å². The molecule has 1 aromatic carbocycles. The molecule has 1 aliphatic heterocycles. The summed E-state index contributed by atoms with van der Waals surface area (Å²) in [4.78, 5) is 30.9. The van der Waals surface area contributed by atoms with Crippen LogP contribution in [0, 0.1) is 13.8 Å². The predicted octanol–water partition coefficient (Wildman–Crippen LogP) is 2.45. The first-order valence-corrected chi connectivity index (χ1v) is 7.64. The van der Waals surface area contributed by atoms with Crippen LogP contribution in [-0.2, 0) is 9.59 Å². The lowest BCUT2D eigenvalue weighted by atomic mass is 10.0. The van der Waals surface area contributed by atoms with Crippen LogP contribution in [-0.4, -0.2) is 29.4 Å². The highest BCUT2D eigenvalue weighted by atomic mass is 16.5. The Bertz CT molecular complexity index is 834. The molecular formula is C18H19N3O3. The Balaban J connectivity index is 1.93. The number of amides is 2. The van der Waals surface area contributed by atoms with Gasteiger partial charge in [-0.2, -0.15) is 0 Å². The second kappa shape index (κ2) is 5.63. The van der Waals surface area contributed by atoms with Crippen LogP contribution >= 0.6 is 0 Å². The van der Waals surface area contributed by atoms with Gasteiger partial charge in [-0.25, -0.2) is 4.98 Å². The standard InChI is InChI=1S/C18H19N3O3/c1-11-7-8-13(12(2)10-11)20-16(22)18(3)17(23)21(4)15-14(24-18)6-5-9-19-15/h5-10H,1-4H3,(H,20,22). The number of likely N-dealkylation sites (N-methyl/N-ethyl adjacent to an activating group) is 1. The van der Waals surface area contributed by atoms with Crippen molar-refractivity contribution < 1.29 is 14.3 Å². The van der Waals surface area contributed by atoms with E-state index in [-0.39, 0.29) is 0 Å². The van der Waals surface area contributed by atoms with Crippen molar-refractivity contribution in [1.82, 2.24) is 4.98 Å². The molecule has 0 aliphatic carbocycles. The van der Waals surface area contributed by atoms with Crippen molar-refractivity contribution in [2.24, 2.45) is 0 Å².